The average Bonchev–Trinajstić information content (AvgIpc) is 2.97. The SMILES string of the molecule is CCCc1ccccc1NC(=O)C1Cc2nc[nH]c2CN1. The monoisotopic (exact) mass is 284 g/mol. The van der Waals surface area contributed by atoms with Gasteiger partial charge < -0.3 is 10.3 Å². The smallest absolute Gasteiger partial charge is 0.241 e. The van der Waals surface area contributed by atoms with Crippen molar-refractivity contribution in [2.45, 2.75) is 38.8 Å². The van der Waals surface area contributed by atoms with E-state index in [2.05, 4.69) is 33.6 Å². The summed E-state index contributed by atoms with van der Waals surface area (Å²) in [7, 11) is 0. The van der Waals surface area contributed by atoms with Crippen molar-refractivity contribution in [3.63, 3.8) is 0 Å². The number of aryl methyl sites for hydroxylation is 1. The Morgan fingerprint density at radius 2 is 2.29 bits per heavy atom. The molecule has 0 saturated carbocycles. The zero-order chi connectivity index (χ0) is 14.7. The summed E-state index contributed by atoms with van der Waals surface area (Å²) in [6.45, 7) is 2.80. The van der Waals surface area contributed by atoms with Crippen molar-refractivity contribution >= 4 is 11.6 Å². The number of H-pyrrole nitrogens is 1. The molecule has 1 aliphatic rings. The number of carbonyl (C=O) groups excluding carboxylic acids is 1. The lowest BCUT2D eigenvalue weighted by molar-refractivity contribution is -0.118. The van der Waals surface area contributed by atoms with Crippen molar-refractivity contribution in [2.24, 2.45) is 0 Å². The number of hydrogen-bond acceptors (Lipinski definition) is 3. The first-order valence-corrected chi connectivity index (χ1v) is 7.41. The molecule has 1 atom stereocenters. The molecule has 1 aromatic heterocycles. The Kier molecular flexibility index (Phi) is 4.01. The van der Waals surface area contributed by atoms with Gasteiger partial charge in [0.05, 0.1) is 23.8 Å². The number of hydrogen-bond donors (Lipinski definition) is 3. The minimum Gasteiger partial charge on any atom is -0.347 e. The molecule has 110 valence electrons. The maximum atomic E-state index is 12.4. The number of nitrogens with zero attached hydrogens (tertiary/aromatic N) is 1. The highest BCUT2D eigenvalue weighted by Crippen LogP contribution is 2.18. The minimum absolute atomic E-state index is 0.00667. The lowest BCUT2D eigenvalue weighted by Gasteiger charge is -2.22. The number of benzene rings is 1. The summed E-state index contributed by atoms with van der Waals surface area (Å²) in [6, 6.07) is 7.77. The zero-order valence-electron chi connectivity index (χ0n) is 12.1. The van der Waals surface area contributed by atoms with Gasteiger partial charge in [0.25, 0.3) is 0 Å². The summed E-state index contributed by atoms with van der Waals surface area (Å²) in [6.07, 6.45) is 4.34. The maximum absolute atomic E-state index is 12.4. The summed E-state index contributed by atoms with van der Waals surface area (Å²) >= 11 is 0. The van der Waals surface area contributed by atoms with Crippen molar-refractivity contribution in [3.8, 4) is 0 Å². The van der Waals surface area contributed by atoms with E-state index < -0.39 is 0 Å². The maximum Gasteiger partial charge on any atom is 0.241 e. The van der Waals surface area contributed by atoms with Gasteiger partial charge in [-0.2, -0.15) is 0 Å². The standard InChI is InChI=1S/C16H20N4O/c1-2-5-11-6-3-4-7-12(11)20-16(21)14-8-13-15(9-17-14)19-10-18-13/h3-4,6-7,10,14,17H,2,5,8-9H2,1H3,(H,18,19)(H,20,21). The highest BCUT2D eigenvalue weighted by molar-refractivity contribution is 5.95. The number of para-hydroxylation sites is 1. The lowest BCUT2D eigenvalue weighted by Crippen LogP contribution is -2.44. The Bertz CT molecular complexity index is 635. The molecule has 3 rings (SSSR count). The Balaban J connectivity index is 1.70. The molecule has 0 spiro atoms. The predicted octanol–water partition coefficient (Wildman–Crippen LogP) is 2.02. The van der Waals surface area contributed by atoms with Crippen molar-refractivity contribution in [2.75, 3.05) is 5.32 Å². The molecule has 5 nitrogen and oxygen atoms in total. The van der Waals surface area contributed by atoms with Crippen LogP contribution in [0.5, 0.6) is 0 Å². The Labute approximate surface area is 124 Å². The summed E-state index contributed by atoms with van der Waals surface area (Å²) < 4.78 is 0. The van der Waals surface area contributed by atoms with E-state index in [0.29, 0.717) is 13.0 Å². The quantitative estimate of drug-likeness (QED) is 0.804. The highest BCUT2D eigenvalue weighted by atomic mass is 16.2. The normalized spacial score (nSPS) is 17.3. The Hall–Kier alpha value is -2.14. The van der Waals surface area contributed by atoms with Crippen LogP contribution >= 0.6 is 0 Å². The van der Waals surface area contributed by atoms with Crippen molar-refractivity contribution < 1.29 is 4.79 Å². The van der Waals surface area contributed by atoms with Gasteiger partial charge in [0.1, 0.15) is 0 Å². The number of aromatic nitrogens is 2. The molecule has 1 unspecified atom stereocenters. The molecule has 2 heterocycles. The number of fused-ring (bicyclic) bond motifs is 1. The van der Waals surface area contributed by atoms with E-state index in [0.717, 1.165) is 29.9 Å². The van der Waals surface area contributed by atoms with E-state index in [1.54, 1.807) is 6.33 Å². The molecule has 1 aromatic carbocycles. The van der Waals surface area contributed by atoms with Crippen molar-refractivity contribution in [3.05, 3.63) is 47.5 Å². The third-order valence-electron chi connectivity index (χ3n) is 3.84. The van der Waals surface area contributed by atoms with Crippen LogP contribution in [0.15, 0.2) is 30.6 Å². The number of carbonyl (C=O) groups is 1. The highest BCUT2D eigenvalue weighted by Gasteiger charge is 2.26. The summed E-state index contributed by atoms with van der Waals surface area (Å²) in [5, 5.41) is 6.30. The van der Waals surface area contributed by atoms with E-state index in [1.165, 1.54) is 5.56 Å². The molecule has 1 amide bonds. The third kappa shape index (κ3) is 2.97. The molecule has 0 saturated heterocycles. The van der Waals surface area contributed by atoms with Gasteiger partial charge in [0.15, 0.2) is 0 Å². The number of anilines is 1. The van der Waals surface area contributed by atoms with Crippen LogP contribution in [0.3, 0.4) is 0 Å². The molecule has 0 fully saturated rings. The van der Waals surface area contributed by atoms with Gasteiger partial charge >= 0.3 is 0 Å². The van der Waals surface area contributed by atoms with Crippen LogP contribution < -0.4 is 10.6 Å². The van der Waals surface area contributed by atoms with E-state index in [1.807, 2.05) is 18.2 Å². The van der Waals surface area contributed by atoms with Gasteiger partial charge in [-0.15, -0.1) is 0 Å². The van der Waals surface area contributed by atoms with Crippen LogP contribution in [0.2, 0.25) is 0 Å². The van der Waals surface area contributed by atoms with Crippen molar-refractivity contribution in [1.82, 2.24) is 15.3 Å². The average molecular weight is 284 g/mol. The van der Waals surface area contributed by atoms with E-state index in [4.69, 9.17) is 0 Å². The van der Waals surface area contributed by atoms with Crippen LogP contribution in [0.1, 0.15) is 30.3 Å². The predicted molar refractivity (Wildman–Crippen MR) is 82.0 cm³/mol. The first-order valence-electron chi connectivity index (χ1n) is 7.41. The second kappa shape index (κ2) is 6.10. The largest absolute Gasteiger partial charge is 0.347 e. The fraction of sp³-hybridized carbons (Fsp3) is 0.375. The summed E-state index contributed by atoms with van der Waals surface area (Å²) in [4.78, 5) is 19.8. The van der Waals surface area contributed by atoms with Gasteiger partial charge in [-0.05, 0) is 18.1 Å². The topological polar surface area (TPSA) is 69.8 Å². The van der Waals surface area contributed by atoms with Gasteiger partial charge in [-0.3, -0.25) is 10.1 Å². The molecule has 0 radical (unpaired) electrons. The number of nitrogens with one attached hydrogen (secondary N) is 3. The zero-order valence-corrected chi connectivity index (χ0v) is 12.1. The first-order chi connectivity index (χ1) is 10.3. The van der Waals surface area contributed by atoms with E-state index >= 15 is 0 Å². The molecule has 0 aliphatic carbocycles. The molecule has 2 aromatic rings. The molecule has 5 heteroatoms. The van der Waals surface area contributed by atoms with Crippen molar-refractivity contribution in [1.29, 1.82) is 0 Å². The fourth-order valence-corrected chi connectivity index (χ4v) is 2.70. The molecule has 3 N–H and O–H groups in total. The molecule has 0 bridgehead atoms. The first kappa shape index (κ1) is 13.8. The number of rotatable bonds is 4. The number of aromatic amines is 1. The van der Waals surface area contributed by atoms with Crippen LogP contribution in [-0.4, -0.2) is 21.9 Å². The molecular formula is C16H20N4O. The summed E-state index contributed by atoms with van der Waals surface area (Å²) in [5.41, 5.74) is 4.16. The van der Waals surface area contributed by atoms with Gasteiger partial charge in [-0.25, -0.2) is 4.98 Å². The van der Waals surface area contributed by atoms with Crippen LogP contribution in [-0.2, 0) is 24.2 Å². The second-order valence-corrected chi connectivity index (χ2v) is 5.36. The van der Waals surface area contributed by atoms with Crippen LogP contribution in [0, 0.1) is 0 Å². The minimum atomic E-state index is -0.226. The number of amides is 1. The Morgan fingerprint density at radius 3 is 3.14 bits per heavy atom. The lowest BCUT2D eigenvalue weighted by atomic mass is 10.0. The van der Waals surface area contributed by atoms with E-state index in [9.17, 15) is 4.79 Å². The van der Waals surface area contributed by atoms with E-state index in [-0.39, 0.29) is 11.9 Å². The second-order valence-electron chi connectivity index (χ2n) is 5.36. The van der Waals surface area contributed by atoms with Gasteiger partial charge in [-0.1, -0.05) is 31.5 Å². The van der Waals surface area contributed by atoms with Gasteiger partial charge in [0, 0.05) is 18.7 Å². The van der Waals surface area contributed by atoms with Crippen LogP contribution in [0.25, 0.3) is 0 Å². The molecular weight excluding hydrogens is 264 g/mol. The van der Waals surface area contributed by atoms with Crippen LogP contribution in [0.4, 0.5) is 5.69 Å². The third-order valence-corrected chi connectivity index (χ3v) is 3.84. The fourth-order valence-electron chi connectivity index (χ4n) is 2.70. The molecule has 1 aliphatic heterocycles. The Morgan fingerprint density at radius 1 is 1.43 bits per heavy atom. The number of imidazole rings is 1. The van der Waals surface area contributed by atoms with Gasteiger partial charge in [0.2, 0.25) is 5.91 Å². The summed E-state index contributed by atoms with van der Waals surface area (Å²) in [5.74, 6) is 0.00667. The molecule has 21 heavy (non-hydrogen) atoms.